The van der Waals surface area contributed by atoms with Crippen molar-refractivity contribution in [3.63, 3.8) is 0 Å². The second-order valence-corrected chi connectivity index (χ2v) is 10.5. The minimum Gasteiger partial charge on any atom is -0.490 e. The summed E-state index contributed by atoms with van der Waals surface area (Å²) in [4.78, 5) is 30.4. The molecule has 0 atom stereocenters. The maximum atomic E-state index is 13.5. The predicted octanol–water partition coefficient (Wildman–Crippen LogP) is 6.99. The molecule has 5 rings (SSSR count). The first-order chi connectivity index (χ1) is 21.1. The van der Waals surface area contributed by atoms with Crippen molar-refractivity contribution in [1.29, 1.82) is 0 Å². The highest BCUT2D eigenvalue weighted by molar-refractivity contribution is 14.1. The van der Waals surface area contributed by atoms with Crippen LogP contribution in [0.4, 0.5) is 18.9 Å². The predicted molar refractivity (Wildman–Crippen MR) is 170 cm³/mol. The van der Waals surface area contributed by atoms with Crippen molar-refractivity contribution in [3.8, 4) is 22.9 Å². The number of alkyl halides is 3. The Bertz CT molecular complexity index is 1910. The van der Waals surface area contributed by atoms with Gasteiger partial charge in [0.2, 0.25) is 0 Å². The van der Waals surface area contributed by atoms with Crippen LogP contribution in [-0.2, 0) is 11.0 Å². The average Bonchev–Trinajstić information content (AvgIpc) is 3.00. The molecular formula is C32H24F3IN4O4. The van der Waals surface area contributed by atoms with Gasteiger partial charge in [-0.25, -0.2) is 4.98 Å². The fourth-order valence-electron chi connectivity index (χ4n) is 4.30. The first-order valence-electron chi connectivity index (χ1n) is 13.3. The standard InChI is InChI=1S/C32H24F3IN4O4/c1-2-43-27-16-20(15-25(36)29(27)44-19-28(41)38-23-11-4-3-5-12-23)18-37-40-30(21-9-8-10-22(17-21)32(33,34)35)39-26-14-7-6-13-24(26)31(40)42/h3-18H,2,19H2,1H3,(H,38,41). The molecule has 1 heterocycles. The number of halogens is 4. The van der Waals surface area contributed by atoms with Crippen LogP contribution in [0.25, 0.3) is 22.3 Å². The largest absolute Gasteiger partial charge is 0.490 e. The van der Waals surface area contributed by atoms with Crippen LogP contribution >= 0.6 is 22.6 Å². The first kappa shape index (κ1) is 30.7. The van der Waals surface area contributed by atoms with E-state index in [2.05, 4.69) is 15.4 Å². The van der Waals surface area contributed by atoms with Gasteiger partial charge in [-0.2, -0.15) is 22.9 Å². The third kappa shape index (κ3) is 7.08. The Labute approximate surface area is 263 Å². The van der Waals surface area contributed by atoms with E-state index in [-0.39, 0.29) is 29.3 Å². The second kappa shape index (κ2) is 13.3. The third-order valence-electron chi connectivity index (χ3n) is 6.26. The number of nitrogens with zero attached hydrogens (tertiary/aromatic N) is 3. The lowest BCUT2D eigenvalue weighted by molar-refractivity contribution is -0.137. The Morgan fingerprint density at radius 1 is 1.00 bits per heavy atom. The number of para-hydroxylation sites is 2. The van der Waals surface area contributed by atoms with E-state index in [1.807, 2.05) is 28.7 Å². The number of ether oxygens (including phenoxy) is 2. The van der Waals surface area contributed by atoms with Gasteiger partial charge in [0.15, 0.2) is 23.9 Å². The lowest BCUT2D eigenvalue weighted by atomic mass is 10.1. The number of anilines is 1. The van der Waals surface area contributed by atoms with Gasteiger partial charge in [-0.05, 0) is 83.6 Å². The van der Waals surface area contributed by atoms with Crippen LogP contribution in [0.15, 0.2) is 101 Å². The van der Waals surface area contributed by atoms with Crippen LogP contribution in [0, 0.1) is 3.57 Å². The van der Waals surface area contributed by atoms with Crippen molar-refractivity contribution in [1.82, 2.24) is 9.66 Å². The fraction of sp³-hybridized carbons (Fsp3) is 0.125. The van der Waals surface area contributed by atoms with E-state index in [9.17, 15) is 22.8 Å². The number of carbonyl (C=O) groups is 1. The summed E-state index contributed by atoms with van der Waals surface area (Å²) in [5, 5.41) is 7.36. The van der Waals surface area contributed by atoms with Crippen molar-refractivity contribution in [2.45, 2.75) is 13.1 Å². The molecule has 224 valence electrons. The molecule has 12 heteroatoms. The molecule has 0 aliphatic rings. The van der Waals surface area contributed by atoms with Crippen molar-refractivity contribution < 1.29 is 27.4 Å². The Morgan fingerprint density at radius 3 is 2.50 bits per heavy atom. The fourth-order valence-corrected chi connectivity index (χ4v) is 5.08. The van der Waals surface area contributed by atoms with Crippen LogP contribution in [-0.4, -0.2) is 35.0 Å². The molecule has 1 amide bonds. The van der Waals surface area contributed by atoms with E-state index in [0.29, 0.717) is 38.4 Å². The second-order valence-electron chi connectivity index (χ2n) is 9.36. The van der Waals surface area contributed by atoms with Gasteiger partial charge in [0.1, 0.15) is 0 Å². The maximum Gasteiger partial charge on any atom is 0.416 e. The van der Waals surface area contributed by atoms with Crippen molar-refractivity contribution in [3.05, 3.63) is 116 Å². The minimum atomic E-state index is -4.58. The lowest BCUT2D eigenvalue weighted by Gasteiger charge is -2.15. The van der Waals surface area contributed by atoms with E-state index in [1.54, 1.807) is 67.6 Å². The van der Waals surface area contributed by atoms with Crippen LogP contribution in [0.1, 0.15) is 18.1 Å². The quantitative estimate of drug-likeness (QED) is 0.132. The summed E-state index contributed by atoms with van der Waals surface area (Å²) < 4.78 is 53.6. The van der Waals surface area contributed by atoms with Crippen LogP contribution in [0.5, 0.6) is 11.5 Å². The zero-order valence-corrected chi connectivity index (χ0v) is 25.3. The highest BCUT2D eigenvalue weighted by atomic mass is 127. The number of hydrogen-bond donors (Lipinski definition) is 1. The summed E-state index contributed by atoms with van der Waals surface area (Å²) in [7, 11) is 0. The van der Waals surface area contributed by atoms with Gasteiger partial charge in [-0.1, -0.05) is 42.5 Å². The molecule has 0 aliphatic heterocycles. The molecule has 0 aliphatic carbocycles. The molecule has 1 N–H and O–H groups in total. The molecule has 0 fully saturated rings. The molecule has 0 saturated carbocycles. The maximum absolute atomic E-state index is 13.5. The minimum absolute atomic E-state index is 0.0554. The third-order valence-corrected chi connectivity index (χ3v) is 7.06. The van der Waals surface area contributed by atoms with E-state index in [4.69, 9.17) is 9.47 Å². The summed E-state index contributed by atoms with van der Waals surface area (Å²) >= 11 is 2.04. The smallest absolute Gasteiger partial charge is 0.416 e. The normalized spacial score (nSPS) is 11.6. The molecular weight excluding hydrogens is 688 g/mol. The summed E-state index contributed by atoms with van der Waals surface area (Å²) in [6, 6.07) is 23.4. The molecule has 1 aromatic heterocycles. The van der Waals surface area contributed by atoms with E-state index in [1.165, 1.54) is 18.3 Å². The Balaban J connectivity index is 1.49. The molecule has 5 aromatic rings. The summed E-state index contributed by atoms with van der Waals surface area (Å²) in [5.41, 5.74) is 0.105. The number of carbonyl (C=O) groups excluding carboxylic acids is 1. The van der Waals surface area contributed by atoms with Gasteiger partial charge in [-0.3, -0.25) is 9.59 Å². The van der Waals surface area contributed by atoms with Crippen LogP contribution < -0.4 is 20.3 Å². The number of rotatable bonds is 9. The van der Waals surface area contributed by atoms with Crippen molar-refractivity contribution >= 4 is 51.3 Å². The Hall–Kier alpha value is -4.72. The van der Waals surface area contributed by atoms with Gasteiger partial charge in [0.25, 0.3) is 11.5 Å². The van der Waals surface area contributed by atoms with Crippen LogP contribution in [0.2, 0.25) is 0 Å². The topological polar surface area (TPSA) is 94.8 Å². The summed E-state index contributed by atoms with van der Waals surface area (Å²) in [6.45, 7) is 1.83. The number of fused-ring (bicyclic) bond motifs is 1. The Morgan fingerprint density at radius 2 is 1.75 bits per heavy atom. The highest BCUT2D eigenvalue weighted by Gasteiger charge is 2.31. The zero-order chi connectivity index (χ0) is 31.3. The summed E-state index contributed by atoms with van der Waals surface area (Å²) in [6.07, 6.45) is -3.20. The van der Waals surface area contributed by atoms with Crippen LogP contribution in [0.3, 0.4) is 0 Å². The number of benzene rings is 4. The molecule has 0 unspecified atom stereocenters. The average molecular weight is 712 g/mol. The van der Waals surface area contributed by atoms with Gasteiger partial charge in [-0.15, -0.1) is 0 Å². The van der Waals surface area contributed by atoms with Crippen molar-refractivity contribution in [2.75, 3.05) is 18.5 Å². The van der Waals surface area contributed by atoms with E-state index < -0.39 is 17.3 Å². The van der Waals surface area contributed by atoms with Gasteiger partial charge < -0.3 is 14.8 Å². The number of amides is 1. The molecule has 4 aromatic carbocycles. The lowest BCUT2D eigenvalue weighted by Crippen LogP contribution is -2.21. The first-order valence-corrected chi connectivity index (χ1v) is 14.4. The van der Waals surface area contributed by atoms with E-state index >= 15 is 0 Å². The van der Waals surface area contributed by atoms with Crippen molar-refractivity contribution in [2.24, 2.45) is 5.10 Å². The molecule has 0 radical (unpaired) electrons. The van der Waals surface area contributed by atoms with Gasteiger partial charge in [0, 0.05) is 11.3 Å². The SMILES string of the molecule is CCOc1cc(C=Nn2c(-c3cccc(C(F)(F)F)c3)nc3ccccc3c2=O)cc(I)c1OCC(=O)Nc1ccccc1. The Kier molecular flexibility index (Phi) is 9.28. The molecule has 8 nitrogen and oxygen atoms in total. The monoisotopic (exact) mass is 712 g/mol. The highest BCUT2D eigenvalue weighted by Crippen LogP contribution is 2.34. The van der Waals surface area contributed by atoms with Gasteiger partial charge >= 0.3 is 6.18 Å². The summed E-state index contributed by atoms with van der Waals surface area (Å²) in [5.74, 6) is 0.281. The number of nitrogens with one attached hydrogen (secondary N) is 1. The zero-order valence-electron chi connectivity index (χ0n) is 23.1. The molecule has 0 spiro atoms. The van der Waals surface area contributed by atoms with E-state index in [0.717, 1.165) is 16.8 Å². The molecule has 0 saturated heterocycles. The molecule has 44 heavy (non-hydrogen) atoms. The number of hydrogen-bond acceptors (Lipinski definition) is 6. The number of aromatic nitrogens is 2. The molecule has 0 bridgehead atoms. The van der Waals surface area contributed by atoms with Gasteiger partial charge in [0.05, 0.1) is 32.9 Å².